The van der Waals surface area contributed by atoms with E-state index in [1.54, 1.807) is 35.6 Å². The standard InChI is InChI=1S/C29H28F2N8O2/c1-29(2,34)13-17(14-32)28(40)38-10-4-6-19(38)15-39-27-24(26(33)35-16-36-27)25(37-39)22-9-8-21(12-23(22)31)41-20-7-3-5-18(30)11-20/h3,5,7-9,11-13,16,19H,4,6,10,15,34H2,1-2H3,(H2,33,35,36). The van der Waals surface area contributed by atoms with Crippen LogP contribution in [0, 0.1) is 23.0 Å². The average molecular weight is 559 g/mol. The maximum absolute atomic E-state index is 15.4. The summed E-state index contributed by atoms with van der Waals surface area (Å²) in [6.07, 6.45) is 4.17. The number of hydrogen-bond acceptors (Lipinski definition) is 8. The largest absolute Gasteiger partial charge is 0.457 e. The predicted molar refractivity (Wildman–Crippen MR) is 148 cm³/mol. The lowest BCUT2D eigenvalue weighted by Gasteiger charge is -2.25. The van der Waals surface area contributed by atoms with Gasteiger partial charge in [0.05, 0.1) is 18.0 Å². The quantitative estimate of drug-likeness (QED) is 0.252. The number of benzene rings is 2. The maximum atomic E-state index is 15.4. The maximum Gasteiger partial charge on any atom is 0.264 e. The van der Waals surface area contributed by atoms with Gasteiger partial charge in [0.1, 0.15) is 52.6 Å². The molecule has 1 aliphatic rings. The SMILES string of the molecule is CC(C)(N)C=C(C#N)C(=O)N1CCCC1Cn1nc(-c2ccc(Oc3cccc(F)c3)cc2F)c2c(N)ncnc21. The van der Waals surface area contributed by atoms with Crippen molar-refractivity contribution in [3.8, 4) is 28.8 Å². The molecular formula is C29H28F2N8O2. The van der Waals surface area contributed by atoms with Crippen molar-refractivity contribution in [2.75, 3.05) is 12.3 Å². The highest BCUT2D eigenvalue weighted by atomic mass is 19.1. The fraction of sp³-hybridized carbons (Fsp3) is 0.276. The van der Waals surface area contributed by atoms with Crippen LogP contribution in [-0.4, -0.2) is 48.7 Å². The zero-order valence-corrected chi connectivity index (χ0v) is 22.5. The second-order valence-electron chi connectivity index (χ2n) is 10.5. The van der Waals surface area contributed by atoms with Crippen LogP contribution in [0.1, 0.15) is 26.7 Å². The second kappa shape index (κ2) is 10.9. The lowest BCUT2D eigenvalue weighted by atomic mass is 10.0. The van der Waals surface area contributed by atoms with E-state index in [4.69, 9.17) is 16.2 Å². The zero-order chi connectivity index (χ0) is 29.3. The number of amides is 1. The van der Waals surface area contributed by atoms with E-state index in [1.807, 2.05) is 6.07 Å². The molecule has 0 saturated carbocycles. The molecule has 1 fully saturated rings. The molecule has 4 aromatic rings. The van der Waals surface area contributed by atoms with Crippen LogP contribution in [0.4, 0.5) is 14.6 Å². The molecule has 0 aliphatic carbocycles. The Bertz CT molecular complexity index is 1700. The molecule has 1 amide bonds. The summed E-state index contributed by atoms with van der Waals surface area (Å²) in [7, 11) is 0. The van der Waals surface area contributed by atoms with Gasteiger partial charge in [0.25, 0.3) is 5.91 Å². The Hall–Kier alpha value is -4.89. The number of rotatable bonds is 7. The smallest absolute Gasteiger partial charge is 0.264 e. The molecule has 10 nitrogen and oxygen atoms in total. The number of likely N-dealkylation sites (tertiary alicyclic amines) is 1. The summed E-state index contributed by atoms with van der Waals surface area (Å²) in [5, 5.41) is 14.6. The van der Waals surface area contributed by atoms with Gasteiger partial charge in [-0.3, -0.25) is 4.79 Å². The van der Waals surface area contributed by atoms with Crippen LogP contribution in [0.5, 0.6) is 11.5 Å². The number of halogens is 2. The molecule has 210 valence electrons. The van der Waals surface area contributed by atoms with Gasteiger partial charge in [0, 0.05) is 29.8 Å². The van der Waals surface area contributed by atoms with Crippen molar-refractivity contribution < 1.29 is 18.3 Å². The number of nitrogen functional groups attached to an aromatic ring is 1. The summed E-state index contributed by atoms with van der Waals surface area (Å²) >= 11 is 0. The van der Waals surface area contributed by atoms with Crippen LogP contribution < -0.4 is 16.2 Å². The first kappa shape index (κ1) is 27.7. The number of anilines is 1. The molecule has 0 bridgehead atoms. The van der Waals surface area contributed by atoms with Crippen LogP contribution >= 0.6 is 0 Å². The molecule has 5 rings (SSSR count). The van der Waals surface area contributed by atoms with E-state index in [1.165, 1.54) is 42.7 Å². The lowest BCUT2D eigenvalue weighted by molar-refractivity contribution is -0.127. The molecule has 3 heterocycles. The highest BCUT2D eigenvalue weighted by Crippen LogP contribution is 2.35. The lowest BCUT2D eigenvalue weighted by Crippen LogP contribution is -2.40. The Balaban J connectivity index is 1.47. The van der Waals surface area contributed by atoms with E-state index in [-0.39, 0.29) is 46.7 Å². The molecule has 1 saturated heterocycles. The fourth-order valence-corrected chi connectivity index (χ4v) is 4.93. The van der Waals surface area contributed by atoms with Crippen LogP contribution in [0.15, 0.2) is 60.4 Å². The first-order valence-corrected chi connectivity index (χ1v) is 13.0. The Morgan fingerprint density at radius 3 is 2.71 bits per heavy atom. The number of aromatic nitrogens is 4. The summed E-state index contributed by atoms with van der Waals surface area (Å²) in [6, 6.07) is 11.4. The van der Waals surface area contributed by atoms with Gasteiger partial charge in [-0.2, -0.15) is 10.4 Å². The minimum Gasteiger partial charge on any atom is -0.457 e. The van der Waals surface area contributed by atoms with E-state index in [9.17, 15) is 14.4 Å². The molecule has 12 heteroatoms. The number of ether oxygens (including phenoxy) is 1. The van der Waals surface area contributed by atoms with Crippen LogP contribution in [0.2, 0.25) is 0 Å². The van der Waals surface area contributed by atoms with Gasteiger partial charge >= 0.3 is 0 Å². The third-order valence-corrected chi connectivity index (χ3v) is 6.67. The summed E-state index contributed by atoms with van der Waals surface area (Å²) < 4.78 is 36.1. The Labute approximate surface area is 234 Å². The average Bonchev–Trinajstić information content (AvgIpc) is 3.52. The third kappa shape index (κ3) is 5.85. The summed E-state index contributed by atoms with van der Waals surface area (Å²) in [4.78, 5) is 23.3. The van der Waals surface area contributed by atoms with Crippen molar-refractivity contribution in [3.05, 3.63) is 72.1 Å². The molecule has 4 N–H and O–H groups in total. The molecule has 1 unspecified atom stereocenters. The van der Waals surface area contributed by atoms with Crippen LogP contribution in [-0.2, 0) is 11.3 Å². The molecular weight excluding hydrogens is 530 g/mol. The molecule has 41 heavy (non-hydrogen) atoms. The summed E-state index contributed by atoms with van der Waals surface area (Å²) in [6.45, 7) is 4.13. The van der Waals surface area contributed by atoms with Gasteiger partial charge in [-0.15, -0.1) is 0 Å². The van der Waals surface area contributed by atoms with Gasteiger partial charge in [-0.25, -0.2) is 23.4 Å². The highest BCUT2D eigenvalue weighted by molar-refractivity contribution is 5.99. The number of nitriles is 1. The number of nitrogens with zero attached hydrogens (tertiary/aromatic N) is 6. The van der Waals surface area contributed by atoms with E-state index in [0.29, 0.717) is 24.0 Å². The number of carbonyl (C=O) groups excluding carboxylic acids is 1. The minimum atomic E-state index is -0.834. The number of hydrogen-bond donors (Lipinski definition) is 2. The molecule has 2 aromatic carbocycles. The van der Waals surface area contributed by atoms with Gasteiger partial charge in [-0.05, 0) is 57.0 Å². The predicted octanol–water partition coefficient (Wildman–Crippen LogP) is 4.32. The van der Waals surface area contributed by atoms with E-state index < -0.39 is 23.1 Å². The second-order valence-corrected chi connectivity index (χ2v) is 10.5. The van der Waals surface area contributed by atoms with Crippen molar-refractivity contribution in [1.29, 1.82) is 5.26 Å². The van der Waals surface area contributed by atoms with E-state index in [2.05, 4.69) is 15.1 Å². The van der Waals surface area contributed by atoms with Gasteiger partial charge < -0.3 is 21.1 Å². The van der Waals surface area contributed by atoms with Crippen LogP contribution in [0.3, 0.4) is 0 Å². The monoisotopic (exact) mass is 558 g/mol. The highest BCUT2D eigenvalue weighted by Gasteiger charge is 2.33. The van der Waals surface area contributed by atoms with Crippen molar-refractivity contribution in [2.45, 2.75) is 44.8 Å². The molecule has 1 atom stereocenters. The van der Waals surface area contributed by atoms with Gasteiger partial charge in [0.15, 0.2) is 5.65 Å². The van der Waals surface area contributed by atoms with E-state index >= 15 is 4.39 Å². The van der Waals surface area contributed by atoms with Gasteiger partial charge in [0.2, 0.25) is 0 Å². The molecule has 0 radical (unpaired) electrons. The van der Waals surface area contributed by atoms with Crippen molar-refractivity contribution >= 4 is 22.8 Å². The minimum absolute atomic E-state index is 0.0235. The molecule has 1 aliphatic heterocycles. The molecule has 0 spiro atoms. The van der Waals surface area contributed by atoms with E-state index in [0.717, 1.165) is 6.42 Å². The first-order valence-electron chi connectivity index (χ1n) is 13.0. The van der Waals surface area contributed by atoms with Crippen molar-refractivity contribution in [2.24, 2.45) is 5.73 Å². The summed E-state index contributed by atoms with van der Waals surface area (Å²) in [5.74, 6) is -0.997. The number of carbonyl (C=O) groups is 1. The Kier molecular flexibility index (Phi) is 7.38. The normalized spacial score (nSPS) is 15.8. The van der Waals surface area contributed by atoms with Crippen LogP contribution in [0.25, 0.3) is 22.3 Å². The van der Waals surface area contributed by atoms with Crippen molar-refractivity contribution in [1.82, 2.24) is 24.6 Å². The number of fused-ring (bicyclic) bond motifs is 1. The topological polar surface area (TPSA) is 149 Å². The first-order chi connectivity index (χ1) is 19.5. The van der Waals surface area contributed by atoms with Crippen molar-refractivity contribution in [3.63, 3.8) is 0 Å². The molecule has 2 aromatic heterocycles. The zero-order valence-electron chi connectivity index (χ0n) is 22.5. The Morgan fingerprint density at radius 2 is 2.00 bits per heavy atom. The fourth-order valence-electron chi connectivity index (χ4n) is 4.93. The Morgan fingerprint density at radius 1 is 1.22 bits per heavy atom. The number of nitrogens with two attached hydrogens (primary N) is 2. The van der Waals surface area contributed by atoms with Gasteiger partial charge in [-0.1, -0.05) is 6.07 Å². The summed E-state index contributed by atoms with van der Waals surface area (Å²) in [5.41, 5.74) is 12.1. The third-order valence-electron chi connectivity index (χ3n) is 6.67.